The second kappa shape index (κ2) is 4.85. The fraction of sp³-hybridized carbons (Fsp3) is 0.0769. The van der Waals surface area contributed by atoms with Crippen LogP contribution in [0.4, 0.5) is 5.69 Å². The Morgan fingerprint density at radius 2 is 1.89 bits per heavy atom. The van der Waals surface area contributed by atoms with Crippen LogP contribution >= 0.6 is 0 Å². The fourth-order valence-corrected chi connectivity index (χ4v) is 1.68. The van der Waals surface area contributed by atoms with Crippen molar-refractivity contribution in [3.8, 4) is 11.3 Å². The number of pyridine rings is 1. The zero-order chi connectivity index (χ0) is 14.0. The predicted octanol–water partition coefficient (Wildman–Crippen LogP) is 2.66. The van der Waals surface area contributed by atoms with Gasteiger partial charge in [-0.3, -0.25) is 10.1 Å². The standard InChI is InChI=1S/C13H10N2O4/c1-8-6-11(14-12(7-8)13(16)17)9-2-4-10(5-3-9)15(18)19/h2-7H,1H3,(H,16,17). The lowest BCUT2D eigenvalue weighted by Crippen LogP contribution is -2.02. The van der Waals surface area contributed by atoms with E-state index in [2.05, 4.69) is 4.98 Å². The number of nitro benzene ring substituents is 1. The zero-order valence-corrected chi connectivity index (χ0v) is 10.0. The molecule has 96 valence electrons. The minimum atomic E-state index is -1.10. The molecule has 0 spiro atoms. The molecule has 0 fully saturated rings. The molecule has 0 saturated heterocycles. The van der Waals surface area contributed by atoms with E-state index in [1.807, 2.05) is 0 Å². The molecule has 1 aromatic carbocycles. The Bertz CT molecular complexity index is 650. The molecule has 0 bridgehead atoms. The first-order chi connectivity index (χ1) is 8.97. The van der Waals surface area contributed by atoms with Gasteiger partial charge in [0.1, 0.15) is 5.69 Å². The van der Waals surface area contributed by atoms with E-state index >= 15 is 0 Å². The van der Waals surface area contributed by atoms with Crippen molar-refractivity contribution in [3.05, 3.63) is 57.8 Å². The summed E-state index contributed by atoms with van der Waals surface area (Å²) in [7, 11) is 0. The van der Waals surface area contributed by atoms with Crippen molar-refractivity contribution in [2.24, 2.45) is 0 Å². The molecular weight excluding hydrogens is 248 g/mol. The summed E-state index contributed by atoms with van der Waals surface area (Å²) in [6.07, 6.45) is 0. The highest BCUT2D eigenvalue weighted by atomic mass is 16.6. The molecule has 2 aromatic rings. The van der Waals surface area contributed by atoms with Crippen LogP contribution in [-0.2, 0) is 0 Å². The van der Waals surface area contributed by atoms with Crippen molar-refractivity contribution in [1.29, 1.82) is 0 Å². The van der Waals surface area contributed by atoms with Gasteiger partial charge in [-0.2, -0.15) is 0 Å². The summed E-state index contributed by atoms with van der Waals surface area (Å²) in [6, 6.07) is 9.02. The van der Waals surface area contributed by atoms with Crippen molar-refractivity contribution in [1.82, 2.24) is 4.98 Å². The van der Waals surface area contributed by atoms with Crippen molar-refractivity contribution in [3.63, 3.8) is 0 Å². The second-order valence-electron chi connectivity index (χ2n) is 4.02. The molecule has 6 nitrogen and oxygen atoms in total. The number of aromatic carboxylic acids is 1. The van der Waals surface area contributed by atoms with Gasteiger partial charge < -0.3 is 5.11 Å². The van der Waals surface area contributed by atoms with Crippen LogP contribution in [0.5, 0.6) is 0 Å². The molecule has 6 heteroatoms. The van der Waals surface area contributed by atoms with Gasteiger partial charge in [-0.05, 0) is 36.8 Å². The largest absolute Gasteiger partial charge is 0.477 e. The SMILES string of the molecule is Cc1cc(C(=O)O)nc(-c2ccc([N+](=O)[O-])cc2)c1. The number of carboxylic acid groups (broad SMARTS) is 1. The predicted molar refractivity (Wildman–Crippen MR) is 68.0 cm³/mol. The van der Waals surface area contributed by atoms with Gasteiger partial charge >= 0.3 is 5.97 Å². The van der Waals surface area contributed by atoms with E-state index in [4.69, 9.17) is 5.11 Å². The molecular formula is C13H10N2O4. The van der Waals surface area contributed by atoms with Gasteiger partial charge in [-0.25, -0.2) is 9.78 Å². The maximum absolute atomic E-state index is 10.9. The molecule has 0 aliphatic carbocycles. The maximum atomic E-state index is 10.9. The smallest absolute Gasteiger partial charge is 0.354 e. The number of benzene rings is 1. The Morgan fingerprint density at radius 1 is 1.26 bits per heavy atom. The van der Waals surface area contributed by atoms with Crippen molar-refractivity contribution in [2.75, 3.05) is 0 Å². The number of carbonyl (C=O) groups is 1. The first-order valence-corrected chi connectivity index (χ1v) is 5.44. The highest BCUT2D eigenvalue weighted by Gasteiger charge is 2.10. The number of hydrogen-bond acceptors (Lipinski definition) is 4. The number of rotatable bonds is 3. The molecule has 19 heavy (non-hydrogen) atoms. The zero-order valence-electron chi connectivity index (χ0n) is 10.0. The number of hydrogen-bond donors (Lipinski definition) is 1. The molecule has 1 N–H and O–H groups in total. The van der Waals surface area contributed by atoms with Crippen LogP contribution in [0.2, 0.25) is 0 Å². The van der Waals surface area contributed by atoms with Crippen LogP contribution in [0, 0.1) is 17.0 Å². The molecule has 0 unspecified atom stereocenters. The highest BCUT2D eigenvalue weighted by Crippen LogP contribution is 2.22. The van der Waals surface area contributed by atoms with Gasteiger partial charge in [-0.15, -0.1) is 0 Å². The van der Waals surface area contributed by atoms with Crippen LogP contribution < -0.4 is 0 Å². The molecule has 0 aliphatic heterocycles. The fourth-order valence-electron chi connectivity index (χ4n) is 1.68. The number of aromatic nitrogens is 1. The lowest BCUT2D eigenvalue weighted by Gasteiger charge is -2.04. The maximum Gasteiger partial charge on any atom is 0.354 e. The summed E-state index contributed by atoms with van der Waals surface area (Å²) >= 11 is 0. The molecule has 2 rings (SSSR count). The molecule has 0 aliphatic rings. The minimum absolute atomic E-state index is 0.0186. The molecule has 0 atom stereocenters. The Kier molecular flexibility index (Phi) is 3.24. The second-order valence-corrected chi connectivity index (χ2v) is 4.02. The van der Waals surface area contributed by atoms with E-state index < -0.39 is 10.9 Å². The average molecular weight is 258 g/mol. The molecule has 0 amide bonds. The summed E-state index contributed by atoms with van der Waals surface area (Å²) < 4.78 is 0. The number of carboxylic acids is 1. The third kappa shape index (κ3) is 2.74. The van der Waals surface area contributed by atoms with E-state index in [0.717, 1.165) is 5.56 Å². The number of nitrogens with zero attached hydrogens (tertiary/aromatic N) is 2. The quantitative estimate of drug-likeness (QED) is 0.674. The normalized spacial score (nSPS) is 10.2. The number of aryl methyl sites for hydroxylation is 1. The van der Waals surface area contributed by atoms with Crippen LogP contribution in [0.15, 0.2) is 36.4 Å². The van der Waals surface area contributed by atoms with Gasteiger partial charge in [0.25, 0.3) is 5.69 Å². The summed E-state index contributed by atoms with van der Waals surface area (Å²) in [6.45, 7) is 1.77. The van der Waals surface area contributed by atoms with Gasteiger partial charge in [0, 0.05) is 17.7 Å². The van der Waals surface area contributed by atoms with Crippen LogP contribution in [0.1, 0.15) is 16.1 Å². The van der Waals surface area contributed by atoms with E-state index in [1.165, 1.54) is 18.2 Å². The minimum Gasteiger partial charge on any atom is -0.477 e. The van der Waals surface area contributed by atoms with Crippen LogP contribution in [-0.4, -0.2) is 21.0 Å². The Morgan fingerprint density at radius 3 is 2.42 bits per heavy atom. The third-order valence-corrected chi connectivity index (χ3v) is 2.56. The van der Waals surface area contributed by atoms with Crippen molar-refractivity contribution < 1.29 is 14.8 Å². The monoisotopic (exact) mass is 258 g/mol. The average Bonchev–Trinajstić information content (AvgIpc) is 2.38. The van der Waals surface area contributed by atoms with E-state index in [0.29, 0.717) is 11.3 Å². The first kappa shape index (κ1) is 12.7. The van der Waals surface area contributed by atoms with Gasteiger partial charge in [0.05, 0.1) is 10.6 Å². The Labute approximate surface area is 108 Å². The molecule has 1 aromatic heterocycles. The van der Waals surface area contributed by atoms with E-state index in [-0.39, 0.29) is 11.4 Å². The van der Waals surface area contributed by atoms with Gasteiger partial charge in [-0.1, -0.05) is 0 Å². The van der Waals surface area contributed by atoms with E-state index in [9.17, 15) is 14.9 Å². The van der Waals surface area contributed by atoms with Gasteiger partial charge in [0.2, 0.25) is 0 Å². The van der Waals surface area contributed by atoms with Crippen LogP contribution in [0.25, 0.3) is 11.3 Å². The Balaban J connectivity index is 2.46. The summed E-state index contributed by atoms with van der Waals surface area (Å²) in [5.41, 5.74) is 1.81. The number of non-ortho nitro benzene ring substituents is 1. The van der Waals surface area contributed by atoms with Crippen LogP contribution in [0.3, 0.4) is 0 Å². The lowest BCUT2D eigenvalue weighted by molar-refractivity contribution is -0.384. The molecule has 0 radical (unpaired) electrons. The third-order valence-electron chi connectivity index (χ3n) is 2.56. The summed E-state index contributed by atoms with van der Waals surface area (Å²) in [5.74, 6) is -1.10. The highest BCUT2D eigenvalue weighted by molar-refractivity contribution is 5.86. The van der Waals surface area contributed by atoms with E-state index in [1.54, 1.807) is 25.1 Å². The van der Waals surface area contributed by atoms with Gasteiger partial charge in [0.15, 0.2) is 0 Å². The molecule has 1 heterocycles. The van der Waals surface area contributed by atoms with Crippen molar-refractivity contribution >= 4 is 11.7 Å². The number of nitro groups is 1. The summed E-state index contributed by atoms with van der Waals surface area (Å²) in [4.78, 5) is 25.0. The molecule has 0 saturated carbocycles. The van der Waals surface area contributed by atoms with Crippen molar-refractivity contribution in [2.45, 2.75) is 6.92 Å². The topological polar surface area (TPSA) is 93.3 Å². The first-order valence-electron chi connectivity index (χ1n) is 5.44. The summed E-state index contributed by atoms with van der Waals surface area (Å²) in [5, 5.41) is 19.5. The lowest BCUT2D eigenvalue weighted by atomic mass is 10.1. The Hall–Kier alpha value is -2.76.